The van der Waals surface area contributed by atoms with Crippen LogP contribution >= 0.6 is 0 Å². The van der Waals surface area contributed by atoms with Gasteiger partial charge in [0.2, 0.25) is 0 Å². The van der Waals surface area contributed by atoms with Crippen LogP contribution in [0.2, 0.25) is 0 Å². The average molecular weight is 301 g/mol. The maximum Gasteiger partial charge on any atom is 0.410 e. The second kappa shape index (κ2) is 5.27. The Hall–Kier alpha value is -1.55. The predicted octanol–water partition coefficient (Wildman–Crippen LogP) is 3.19. The van der Waals surface area contributed by atoms with Gasteiger partial charge in [0.05, 0.1) is 12.1 Å². The number of aliphatic hydroxyl groups is 1. The zero-order valence-corrected chi connectivity index (χ0v) is 12.8. The molecule has 1 atom stereocenters. The molecule has 4 heteroatoms. The van der Waals surface area contributed by atoms with E-state index in [9.17, 15) is 9.90 Å². The number of aliphatic hydroxyl groups excluding tert-OH is 1. The van der Waals surface area contributed by atoms with Crippen LogP contribution in [0.25, 0.3) is 0 Å². The molecule has 1 heterocycles. The first-order chi connectivity index (χ1) is 10.7. The standard InChI is InChI=1S/C18H23NO3/c20-14-7-9-18(10-8-14)11-12-19(17(21)22-18)16-6-5-13-3-1-2-4-15(13)16/h1-4,14,16,20H,5-12H2/t14-,16?,18-. The molecule has 4 nitrogen and oxygen atoms in total. The molecule has 0 radical (unpaired) electrons. The van der Waals surface area contributed by atoms with Crippen LogP contribution in [0, 0.1) is 0 Å². The maximum atomic E-state index is 12.6. The van der Waals surface area contributed by atoms with Crippen LogP contribution in [-0.4, -0.2) is 34.3 Å². The van der Waals surface area contributed by atoms with E-state index >= 15 is 0 Å². The van der Waals surface area contributed by atoms with Crippen molar-refractivity contribution in [2.75, 3.05) is 6.54 Å². The molecule has 1 unspecified atom stereocenters. The van der Waals surface area contributed by atoms with Gasteiger partial charge < -0.3 is 14.7 Å². The van der Waals surface area contributed by atoms with Gasteiger partial charge in [-0.2, -0.15) is 0 Å². The fourth-order valence-corrected chi connectivity index (χ4v) is 4.33. The molecule has 2 fully saturated rings. The number of aryl methyl sites for hydroxylation is 1. The van der Waals surface area contributed by atoms with Crippen molar-refractivity contribution >= 4 is 6.09 Å². The number of fused-ring (bicyclic) bond motifs is 1. The van der Waals surface area contributed by atoms with E-state index in [1.165, 1.54) is 11.1 Å². The minimum atomic E-state index is -0.315. The molecule has 1 aromatic carbocycles. The molecular formula is C18H23NO3. The molecule has 1 saturated heterocycles. The minimum absolute atomic E-state index is 0.163. The van der Waals surface area contributed by atoms with E-state index < -0.39 is 0 Å². The van der Waals surface area contributed by atoms with Crippen LogP contribution in [-0.2, 0) is 11.2 Å². The summed E-state index contributed by atoms with van der Waals surface area (Å²) in [6.07, 6.45) is 5.66. The molecule has 0 bridgehead atoms. The summed E-state index contributed by atoms with van der Waals surface area (Å²) in [6, 6.07) is 8.60. The summed E-state index contributed by atoms with van der Waals surface area (Å²) < 4.78 is 5.88. The van der Waals surface area contributed by atoms with Gasteiger partial charge in [-0.05, 0) is 49.7 Å². The average Bonchev–Trinajstić information content (AvgIpc) is 2.95. The third-order valence-electron chi connectivity index (χ3n) is 5.69. The Kier molecular flexibility index (Phi) is 3.37. The van der Waals surface area contributed by atoms with Gasteiger partial charge in [0, 0.05) is 13.0 Å². The molecule has 1 spiro atoms. The molecule has 2 aliphatic carbocycles. The van der Waals surface area contributed by atoms with Crippen molar-refractivity contribution in [1.29, 1.82) is 0 Å². The van der Waals surface area contributed by atoms with Gasteiger partial charge in [-0.15, -0.1) is 0 Å². The van der Waals surface area contributed by atoms with Crippen molar-refractivity contribution < 1.29 is 14.6 Å². The number of hydrogen-bond acceptors (Lipinski definition) is 3. The molecule has 1 amide bonds. The van der Waals surface area contributed by atoms with Crippen LogP contribution in [0.3, 0.4) is 0 Å². The largest absolute Gasteiger partial charge is 0.443 e. The van der Waals surface area contributed by atoms with Crippen molar-refractivity contribution in [2.24, 2.45) is 0 Å². The number of amides is 1. The Balaban J connectivity index is 1.49. The van der Waals surface area contributed by atoms with E-state index in [1.54, 1.807) is 0 Å². The number of rotatable bonds is 1. The SMILES string of the molecule is O=C1O[C@]2(CCN1C1CCc3ccccc31)CC[C@@H](O)CC2. The number of benzene rings is 1. The lowest BCUT2D eigenvalue weighted by Crippen LogP contribution is -2.52. The molecule has 0 aromatic heterocycles. The first-order valence-electron chi connectivity index (χ1n) is 8.42. The summed E-state index contributed by atoms with van der Waals surface area (Å²) in [7, 11) is 0. The lowest BCUT2D eigenvalue weighted by molar-refractivity contribution is -0.0917. The van der Waals surface area contributed by atoms with Crippen LogP contribution in [0.5, 0.6) is 0 Å². The second-order valence-electron chi connectivity index (χ2n) is 6.98. The van der Waals surface area contributed by atoms with Gasteiger partial charge in [-0.25, -0.2) is 4.79 Å². The van der Waals surface area contributed by atoms with Gasteiger partial charge >= 0.3 is 6.09 Å². The van der Waals surface area contributed by atoms with E-state index in [4.69, 9.17) is 4.74 Å². The molecule has 118 valence electrons. The summed E-state index contributed by atoms with van der Waals surface area (Å²) in [6.45, 7) is 0.772. The number of carbonyl (C=O) groups is 1. The summed E-state index contributed by atoms with van der Waals surface area (Å²) in [5, 5.41) is 9.67. The highest BCUT2D eigenvalue weighted by atomic mass is 16.6. The molecule has 1 aliphatic heterocycles. The summed E-state index contributed by atoms with van der Waals surface area (Å²) in [5.74, 6) is 0. The predicted molar refractivity (Wildman–Crippen MR) is 82.5 cm³/mol. The Morgan fingerprint density at radius 1 is 1.14 bits per heavy atom. The van der Waals surface area contributed by atoms with E-state index in [0.717, 1.165) is 51.5 Å². The third-order valence-corrected chi connectivity index (χ3v) is 5.69. The zero-order valence-electron chi connectivity index (χ0n) is 12.8. The number of nitrogens with zero attached hydrogens (tertiary/aromatic N) is 1. The van der Waals surface area contributed by atoms with Gasteiger partial charge in [0.15, 0.2) is 0 Å². The van der Waals surface area contributed by atoms with Crippen LogP contribution in [0.4, 0.5) is 4.79 Å². The highest BCUT2D eigenvalue weighted by Gasteiger charge is 2.45. The molecule has 4 rings (SSSR count). The Morgan fingerprint density at radius 2 is 1.91 bits per heavy atom. The van der Waals surface area contributed by atoms with Gasteiger partial charge in [-0.3, -0.25) is 0 Å². The van der Waals surface area contributed by atoms with Crippen molar-refractivity contribution in [3.63, 3.8) is 0 Å². The molecule has 1 aromatic rings. The lowest BCUT2D eigenvalue weighted by atomic mass is 9.80. The topological polar surface area (TPSA) is 49.8 Å². The van der Waals surface area contributed by atoms with Gasteiger partial charge in [0.1, 0.15) is 5.60 Å². The molecule has 1 saturated carbocycles. The summed E-state index contributed by atoms with van der Waals surface area (Å²) in [4.78, 5) is 14.5. The van der Waals surface area contributed by atoms with Crippen molar-refractivity contribution in [3.8, 4) is 0 Å². The first-order valence-corrected chi connectivity index (χ1v) is 8.42. The summed E-state index contributed by atoms with van der Waals surface area (Å²) in [5.41, 5.74) is 2.33. The van der Waals surface area contributed by atoms with Crippen LogP contribution in [0.15, 0.2) is 24.3 Å². The lowest BCUT2D eigenvalue weighted by Gasteiger charge is -2.45. The first kappa shape index (κ1) is 14.1. The number of carbonyl (C=O) groups excluding carboxylic acids is 1. The van der Waals surface area contributed by atoms with Crippen LogP contribution < -0.4 is 0 Å². The number of hydrogen-bond donors (Lipinski definition) is 1. The minimum Gasteiger partial charge on any atom is -0.443 e. The smallest absolute Gasteiger partial charge is 0.410 e. The summed E-state index contributed by atoms with van der Waals surface area (Å²) >= 11 is 0. The van der Waals surface area contributed by atoms with E-state index in [-0.39, 0.29) is 23.8 Å². The highest BCUT2D eigenvalue weighted by Crippen LogP contribution is 2.42. The van der Waals surface area contributed by atoms with Crippen molar-refractivity contribution in [1.82, 2.24) is 4.90 Å². The highest BCUT2D eigenvalue weighted by molar-refractivity contribution is 5.70. The Bertz CT molecular complexity index is 577. The molecule has 3 aliphatic rings. The van der Waals surface area contributed by atoms with E-state index in [2.05, 4.69) is 24.3 Å². The molecule has 22 heavy (non-hydrogen) atoms. The molecular weight excluding hydrogens is 278 g/mol. The van der Waals surface area contributed by atoms with Gasteiger partial charge in [-0.1, -0.05) is 24.3 Å². The van der Waals surface area contributed by atoms with Gasteiger partial charge in [0.25, 0.3) is 0 Å². The van der Waals surface area contributed by atoms with Crippen molar-refractivity contribution in [2.45, 2.75) is 62.7 Å². The molecule has 1 N–H and O–H groups in total. The fraction of sp³-hybridized carbons (Fsp3) is 0.611. The normalized spacial score (nSPS) is 34.6. The maximum absolute atomic E-state index is 12.6. The quantitative estimate of drug-likeness (QED) is 0.866. The Labute approximate surface area is 131 Å². The second-order valence-corrected chi connectivity index (χ2v) is 6.98. The van der Waals surface area contributed by atoms with E-state index in [0.29, 0.717) is 0 Å². The van der Waals surface area contributed by atoms with Crippen LogP contribution in [0.1, 0.15) is 55.7 Å². The van der Waals surface area contributed by atoms with Crippen molar-refractivity contribution in [3.05, 3.63) is 35.4 Å². The number of ether oxygens (including phenoxy) is 1. The zero-order chi connectivity index (χ0) is 15.2. The Morgan fingerprint density at radius 3 is 2.68 bits per heavy atom. The monoisotopic (exact) mass is 301 g/mol. The van der Waals surface area contributed by atoms with E-state index in [1.807, 2.05) is 4.90 Å². The fourth-order valence-electron chi connectivity index (χ4n) is 4.33. The third kappa shape index (κ3) is 2.30.